The van der Waals surface area contributed by atoms with E-state index in [2.05, 4.69) is 11.9 Å². The van der Waals surface area contributed by atoms with Crippen molar-refractivity contribution in [3.05, 3.63) is 71.1 Å². The van der Waals surface area contributed by atoms with Crippen LogP contribution in [0.25, 0.3) is 6.08 Å². The SMILES string of the molecule is CCCCCCCCC(O)/C=C/c1cccc(CC(O)c2cccc(C(=O)[O-])c2)n1.[Li+]. The number of hydrogen-bond acceptors (Lipinski definition) is 5. The average Bonchev–Trinajstić information content (AvgIpc) is 2.75. The summed E-state index contributed by atoms with van der Waals surface area (Å²) in [6, 6.07) is 11.6. The molecule has 5 nitrogen and oxygen atoms in total. The van der Waals surface area contributed by atoms with E-state index < -0.39 is 18.2 Å². The maximum atomic E-state index is 11.0. The first-order valence-corrected chi connectivity index (χ1v) is 10.8. The van der Waals surface area contributed by atoms with Crippen molar-refractivity contribution in [2.75, 3.05) is 0 Å². The molecule has 0 aliphatic carbocycles. The molecule has 2 rings (SSSR count). The van der Waals surface area contributed by atoms with Crippen LogP contribution in [0.3, 0.4) is 0 Å². The van der Waals surface area contributed by atoms with Gasteiger partial charge in [-0.1, -0.05) is 75.8 Å². The van der Waals surface area contributed by atoms with Crippen LogP contribution >= 0.6 is 0 Å². The third-order valence-corrected chi connectivity index (χ3v) is 5.08. The molecule has 0 saturated carbocycles. The van der Waals surface area contributed by atoms with E-state index in [1.807, 2.05) is 18.2 Å². The van der Waals surface area contributed by atoms with Gasteiger partial charge in [0, 0.05) is 12.1 Å². The topological polar surface area (TPSA) is 93.5 Å². The fourth-order valence-electron chi connectivity index (χ4n) is 3.33. The zero-order valence-electron chi connectivity index (χ0n) is 18.7. The fraction of sp³-hybridized carbons (Fsp3) is 0.440. The van der Waals surface area contributed by atoms with Gasteiger partial charge in [0.05, 0.1) is 23.9 Å². The summed E-state index contributed by atoms with van der Waals surface area (Å²) in [4.78, 5) is 15.5. The van der Waals surface area contributed by atoms with Crippen LogP contribution in [0.15, 0.2) is 48.5 Å². The normalized spacial score (nSPS) is 13.0. The van der Waals surface area contributed by atoms with E-state index in [-0.39, 0.29) is 30.8 Å². The van der Waals surface area contributed by atoms with Gasteiger partial charge in [0.15, 0.2) is 0 Å². The number of aromatic nitrogens is 1. The quantitative estimate of drug-likeness (QED) is 0.372. The standard InChI is InChI=1S/C25H33NO4.Li/c1-2-3-4-5-6-7-14-23(27)16-15-21-12-9-13-22(26-21)18-24(28)19-10-8-11-20(17-19)25(29)30;/h8-13,15-17,23-24,27-28H,2-7,14,18H2,1H3,(H,29,30);/q;+1/p-1/b16-15+;. The van der Waals surface area contributed by atoms with Gasteiger partial charge in [0.2, 0.25) is 0 Å². The molecule has 6 heteroatoms. The Hall–Kier alpha value is -1.90. The minimum Gasteiger partial charge on any atom is -0.545 e. The molecule has 0 radical (unpaired) electrons. The molecule has 1 heterocycles. The van der Waals surface area contributed by atoms with Crippen LogP contribution in [-0.2, 0) is 6.42 Å². The zero-order chi connectivity index (χ0) is 21.8. The van der Waals surface area contributed by atoms with Gasteiger partial charge in [0.25, 0.3) is 0 Å². The Kier molecular flexibility index (Phi) is 13.1. The summed E-state index contributed by atoms with van der Waals surface area (Å²) in [6.07, 6.45) is 10.4. The maximum Gasteiger partial charge on any atom is 1.00 e. The van der Waals surface area contributed by atoms with Crippen LogP contribution in [0.2, 0.25) is 0 Å². The number of aliphatic hydroxyl groups is 2. The molecule has 0 amide bonds. The number of unbranched alkanes of at least 4 members (excludes halogenated alkanes) is 5. The smallest absolute Gasteiger partial charge is 0.545 e. The molecule has 2 N–H and O–H groups in total. The molecule has 31 heavy (non-hydrogen) atoms. The molecule has 2 unspecified atom stereocenters. The van der Waals surface area contributed by atoms with E-state index >= 15 is 0 Å². The van der Waals surface area contributed by atoms with Crippen LogP contribution in [0, 0.1) is 0 Å². The molecular formula is C25H32LiNO4. The van der Waals surface area contributed by atoms with Gasteiger partial charge < -0.3 is 20.1 Å². The number of hydrogen-bond donors (Lipinski definition) is 2. The van der Waals surface area contributed by atoms with Gasteiger partial charge in [-0.2, -0.15) is 0 Å². The second-order valence-corrected chi connectivity index (χ2v) is 7.67. The van der Waals surface area contributed by atoms with Crippen LogP contribution in [-0.4, -0.2) is 27.3 Å². The van der Waals surface area contributed by atoms with Crippen molar-refractivity contribution < 1.29 is 39.0 Å². The Morgan fingerprint density at radius 1 is 1.06 bits per heavy atom. The molecule has 1 aromatic carbocycles. The minimum atomic E-state index is -1.27. The number of carboxylic acid groups (broad SMARTS) is 1. The minimum absolute atomic E-state index is 0. The number of benzene rings is 1. The predicted molar refractivity (Wildman–Crippen MR) is 117 cm³/mol. The Bertz CT molecular complexity index is 825. The summed E-state index contributed by atoms with van der Waals surface area (Å²) < 4.78 is 0. The van der Waals surface area contributed by atoms with Crippen LogP contribution < -0.4 is 24.0 Å². The van der Waals surface area contributed by atoms with Crippen molar-refractivity contribution in [3.8, 4) is 0 Å². The van der Waals surface area contributed by atoms with Gasteiger partial charge in [-0.05, 0) is 41.8 Å². The van der Waals surface area contributed by atoms with Gasteiger partial charge >= 0.3 is 18.9 Å². The molecular weight excluding hydrogens is 385 g/mol. The van der Waals surface area contributed by atoms with E-state index in [4.69, 9.17) is 0 Å². The second-order valence-electron chi connectivity index (χ2n) is 7.67. The molecule has 0 bridgehead atoms. The number of carbonyl (C=O) groups is 1. The maximum absolute atomic E-state index is 11.0. The molecule has 162 valence electrons. The van der Waals surface area contributed by atoms with Crippen LogP contribution in [0.4, 0.5) is 0 Å². The van der Waals surface area contributed by atoms with Crippen molar-refractivity contribution in [2.24, 2.45) is 0 Å². The molecule has 0 fully saturated rings. The molecule has 2 aromatic rings. The fourth-order valence-corrected chi connectivity index (χ4v) is 3.33. The second kappa shape index (κ2) is 15.0. The Morgan fingerprint density at radius 2 is 1.77 bits per heavy atom. The molecule has 0 spiro atoms. The third-order valence-electron chi connectivity index (χ3n) is 5.08. The van der Waals surface area contributed by atoms with E-state index in [9.17, 15) is 20.1 Å². The first-order valence-electron chi connectivity index (χ1n) is 10.8. The summed E-state index contributed by atoms with van der Waals surface area (Å²) in [5.74, 6) is -1.27. The van der Waals surface area contributed by atoms with Crippen LogP contribution in [0.5, 0.6) is 0 Å². The van der Waals surface area contributed by atoms with Crippen molar-refractivity contribution in [2.45, 2.75) is 70.5 Å². The summed E-state index contributed by atoms with van der Waals surface area (Å²) in [6.45, 7) is 2.20. The van der Waals surface area contributed by atoms with E-state index in [1.54, 1.807) is 24.3 Å². The molecule has 0 aliphatic heterocycles. The monoisotopic (exact) mass is 417 g/mol. The van der Waals surface area contributed by atoms with E-state index in [0.29, 0.717) is 17.0 Å². The molecule has 1 aromatic heterocycles. The molecule has 2 atom stereocenters. The Morgan fingerprint density at radius 3 is 2.52 bits per heavy atom. The van der Waals surface area contributed by atoms with Crippen LogP contribution in [0.1, 0.15) is 85.3 Å². The number of rotatable bonds is 13. The summed E-state index contributed by atoms with van der Waals surface area (Å²) in [5, 5.41) is 31.6. The van der Waals surface area contributed by atoms with Gasteiger partial charge in [-0.15, -0.1) is 0 Å². The number of nitrogens with zero attached hydrogens (tertiary/aromatic N) is 1. The number of carboxylic acids is 1. The predicted octanol–water partition coefficient (Wildman–Crippen LogP) is 0.850. The van der Waals surface area contributed by atoms with Gasteiger partial charge in [0.1, 0.15) is 0 Å². The average molecular weight is 417 g/mol. The van der Waals surface area contributed by atoms with Gasteiger partial charge in [-0.25, -0.2) is 0 Å². The van der Waals surface area contributed by atoms with Crippen molar-refractivity contribution in [1.29, 1.82) is 0 Å². The summed E-state index contributed by atoms with van der Waals surface area (Å²) >= 11 is 0. The Balaban J connectivity index is 0.00000480. The Labute approximate surface area is 197 Å². The summed E-state index contributed by atoms with van der Waals surface area (Å²) in [7, 11) is 0. The van der Waals surface area contributed by atoms with Crippen molar-refractivity contribution in [3.63, 3.8) is 0 Å². The van der Waals surface area contributed by atoms with E-state index in [0.717, 1.165) is 19.3 Å². The molecule has 0 aliphatic rings. The largest absolute Gasteiger partial charge is 1.00 e. The van der Waals surface area contributed by atoms with Crippen molar-refractivity contribution >= 4 is 12.0 Å². The first-order chi connectivity index (χ1) is 14.5. The number of carbonyl (C=O) groups excluding carboxylic acids is 1. The zero-order valence-corrected chi connectivity index (χ0v) is 18.7. The first kappa shape index (κ1) is 27.1. The van der Waals surface area contributed by atoms with E-state index in [1.165, 1.54) is 37.8 Å². The van der Waals surface area contributed by atoms with Crippen molar-refractivity contribution in [1.82, 2.24) is 4.98 Å². The van der Waals surface area contributed by atoms with Gasteiger partial charge in [-0.3, -0.25) is 4.98 Å². The number of aliphatic hydroxyl groups excluding tert-OH is 2. The summed E-state index contributed by atoms with van der Waals surface area (Å²) in [5.41, 5.74) is 1.95. The molecule has 0 saturated heterocycles. The third kappa shape index (κ3) is 10.3. The number of pyridine rings is 1. The number of aromatic carboxylic acids is 1.